The van der Waals surface area contributed by atoms with Gasteiger partial charge in [0.25, 0.3) is 0 Å². The summed E-state index contributed by atoms with van der Waals surface area (Å²) in [5, 5.41) is 5.63. The number of hydrogen-bond donors (Lipinski definition) is 2. The number of nitrogens with one attached hydrogen (secondary N) is 2. The van der Waals surface area contributed by atoms with Gasteiger partial charge in [0.05, 0.1) is 32.2 Å². The number of carbonyl (C=O) groups excluding carboxylic acids is 2. The maximum Gasteiger partial charge on any atom is 0.243 e. The van der Waals surface area contributed by atoms with Gasteiger partial charge in [-0.2, -0.15) is 0 Å². The number of anilines is 1. The summed E-state index contributed by atoms with van der Waals surface area (Å²) in [7, 11) is 3.09. The van der Waals surface area contributed by atoms with Gasteiger partial charge in [0, 0.05) is 5.69 Å². The number of halogens is 1. The van der Waals surface area contributed by atoms with Gasteiger partial charge < -0.3 is 20.1 Å². The Bertz CT molecular complexity index is 747. The lowest BCUT2D eigenvalue weighted by Crippen LogP contribution is -2.33. The maximum atomic E-state index is 11.9. The fourth-order valence-electron chi connectivity index (χ4n) is 2.12. The van der Waals surface area contributed by atoms with Gasteiger partial charge in [0.1, 0.15) is 11.5 Å². The summed E-state index contributed by atoms with van der Waals surface area (Å²) in [4.78, 5) is 23.8. The lowest BCUT2D eigenvalue weighted by molar-refractivity contribution is -0.123. The van der Waals surface area contributed by atoms with Gasteiger partial charge in [0.2, 0.25) is 11.8 Å². The lowest BCUT2D eigenvalue weighted by Gasteiger charge is -2.09. The van der Waals surface area contributed by atoms with Crippen LogP contribution in [0.5, 0.6) is 11.5 Å². The Hall–Kier alpha value is -2.73. The summed E-state index contributed by atoms with van der Waals surface area (Å²) in [6.45, 7) is -0.126. The first-order valence-electron chi connectivity index (χ1n) is 7.55. The molecule has 2 rings (SSSR count). The monoisotopic (exact) mass is 362 g/mol. The molecule has 0 aliphatic rings. The van der Waals surface area contributed by atoms with E-state index in [2.05, 4.69) is 10.6 Å². The molecule has 0 unspecified atom stereocenters. The minimum atomic E-state index is -0.343. The molecule has 0 radical (unpaired) electrons. The second kappa shape index (κ2) is 8.94. The van der Waals surface area contributed by atoms with Crippen LogP contribution in [0.3, 0.4) is 0 Å². The third-order valence-electron chi connectivity index (χ3n) is 3.41. The van der Waals surface area contributed by atoms with E-state index in [0.29, 0.717) is 16.5 Å². The summed E-state index contributed by atoms with van der Waals surface area (Å²) in [5.74, 6) is 0.659. The van der Waals surface area contributed by atoms with Crippen molar-refractivity contribution in [3.63, 3.8) is 0 Å². The van der Waals surface area contributed by atoms with E-state index in [9.17, 15) is 9.59 Å². The van der Waals surface area contributed by atoms with Gasteiger partial charge in [-0.3, -0.25) is 9.59 Å². The predicted octanol–water partition coefficient (Wildman–Crippen LogP) is 2.65. The van der Waals surface area contributed by atoms with Crippen molar-refractivity contribution in [2.45, 2.75) is 6.42 Å². The number of methoxy groups -OCH3 is 2. The van der Waals surface area contributed by atoms with Crippen LogP contribution in [-0.2, 0) is 16.0 Å². The van der Waals surface area contributed by atoms with Crippen molar-refractivity contribution in [3.05, 3.63) is 53.1 Å². The molecule has 7 heteroatoms. The van der Waals surface area contributed by atoms with E-state index in [4.69, 9.17) is 21.1 Å². The largest absolute Gasteiger partial charge is 0.497 e. The first-order valence-corrected chi connectivity index (χ1v) is 7.92. The van der Waals surface area contributed by atoms with Crippen LogP contribution >= 0.6 is 11.6 Å². The molecular formula is C18H19ClN2O4. The van der Waals surface area contributed by atoms with Gasteiger partial charge in [-0.15, -0.1) is 0 Å². The molecule has 0 saturated heterocycles. The SMILES string of the molecule is COc1ccc(CC(=O)NCC(=O)Nc2ccc(OC)c(Cl)c2)cc1. The van der Waals surface area contributed by atoms with E-state index < -0.39 is 0 Å². The van der Waals surface area contributed by atoms with E-state index in [-0.39, 0.29) is 24.8 Å². The van der Waals surface area contributed by atoms with Gasteiger partial charge in [-0.1, -0.05) is 23.7 Å². The van der Waals surface area contributed by atoms with Gasteiger partial charge in [0.15, 0.2) is 0 Å². The third-order valence-corrected chi connectivity index (χ3v) is 3.70. The lowest BCUT2D eigenvalue weighted by atomic mass is 10.1. The second-order valence-electron chi connectivity index (χ2n) is 5.20. The number of amides is 2. The Balaban J connectivity index is 1.80. The van der Waals surface area contributed by atoms with Crippen LogP contribution in [0.4, 0.5) is 5.69 Å². The normalized spacial score (nSPS) is 10.0. The van der Waals surface area contributed by atoms with E-state index in [0.717, 1.165) is 11.3 Å². The fraction of sp³-hybridized carbons (Fsp3) is 0.222. The van der Waals surface area contributed by atoms with E-state index in [1.807, 2.05) is 0 Å². The topological polar surface area (TPSA) is 76.7 Å². The highest BCUT2D eigenvalue weighted by atomic mass is 35.5. The Morgan fingerprint density at radius 3 is 2.32 bits per heavy atom. The smallest absolute Gasteiger partial charge is 0.243 e. The zero-order valence-corrected chi connectivity index (χ0v) is 14.7. The molecule has 0 atom stereocenters. The number of ether oxygens (including phenoxy) is 2. The number of benzene rings is 2. The molecule has 0 saturated carbocycles. The molecule has 0 fully saturated rings. The van der Waals surface area contributed by atoms with Gasteiger partial charge >= 0.3 is 0 Å². The van der Waals surface area contributed by atoms with E-state index >= 15 is 0 Å². The highest BCUT2D eigenvalue weighted by molar-refractivity contribution is 6.32. The minimum absolute atomic E-state index is 0.126. The molecule has 2 N–H and O–H groups in total. The van der Waals surface area contributed by atoms with Crippen LogP contribution in [0.15, 0.2) is 42.5 Å². The summed E-state index contributed by atoms with van der Waals surface area (Å²) in [6.07, 6.45) is 0.186. The highest BCUT2D eigenvalue weighted by Crippen LogP contribution is 2.27. The first-order chi connectivity index (χ1) is 12.0. The second-order valence-corrected chi connectivity index (χ2v) is 5.61. The molecule has 132 valence electrons. The molecule has 0 spiro atoms. The molecule has 0 bridgehead atoms. The Morgan fingerprint density at radius 2 is 1.72 bits per heavy atom. The average Bonchev–Trinajstić information content (AvgIpc) is 2.61. The molecule has 2 amide bonds. The van der Waals surface area contributed by atoms with Gasteiger partial charge in [-0.25, -0.2) is 0 Å². The maximum absolute atomic E-state index is 11.9. The van der Waals surface area contributed by atoms with E-state index in [1.165, 1.54) is 7.11 Å². The van der Waals surface area contributed by atoms with Crippen LogP contribution in [0.25, 0.3) is 0 Å². The fourth-order valence-corrected chi connectivity index (χ4v) is 2.38. The average molecular weight is 363 g/mol. The van der Waals surface area contributed by atoms with Crippen LogP contribution in [0, 0.1) is 0 Å². The van der Waals surface area contributed by atoms with Crippen LogP contribution < -0.4 is 20.1 Å². The number of hydrogen-bond acceptors (Lipinski definition) is 4. The molecule has 0 heterocycles. The zero-order valence-electron chi connectivity index (χ0n) is 14.0. The first kappa shape index (κ1) is 18.6. The number of rotatable bonds is 7. The molecule has 2 aromatic rings. The van der Waals surface area contributed by atoms with Crippen molar-refractivity contribution in [2.75, 3.05) is 26.1 Å². The molecular weight excluding hydrogens is 344 g/mol. The molecule has 0 aromatic heterocycles. The summed E-state index contributed by atoms with van der Waals surface area (Å²) in [5.41, 5.74) is 1.36. The molecule has 0 aliphatic heterocycles. The minimum Gasteiger partial charge on any atom is -0.497 e. The van der Waals surface area contributed by atoms with Crippen LogP contribution in [0.2, 0.25) is 5.02 Å². The summed E-state index contributed by atoms with van der Waals surface area (Å²) in [6, 6.07) is 12.1. The Morgan fingerprint density at radius 1 is 1.00 bits per heavy atom. The van der Waals surface area contributed by atoms with Crippen molar-refractivity contribution in [1.29, 1.82) is 0 Å². The van der Waals surface area contributed by atoms with E-state index in [1.54, 1.807) is 49.6 Å². The van der Waals surface area contributed by atoms with Crippen molar-refractivity contribution < 1.29 is 19.1 Å². The number of carbonyl (C=O) groups is 2. The molecule has 6 nitrogen and oxygen atoms in total. The van der Waals surface area contributed by atoms with Crippen molar-refractivity contribution in [2.24, 2.45) is 0 Å². The predicted molar refractivity (Wildman–Crippen MR) is 96.3 cm³/mol. The van der Waals surface area contributed by atoms with Gasteiger partial charge in [-0.05, 0) is 35.9 Å². The quantitative estimate of drug-likeness (QED) is 0.794. The van der Waals surface area contributed by atoms with Crippen molar-refractivity contribution >= 4 is 29.1 Å². The Kier molecular flexibility index (Phi) is 6.65. The molecule has 2 aromatic carbocycles. The molecule has 25 heavy (non-hydrogen) atoms. The van der Waals surface area contributed by atoms with Crippen LogP contribution in [-0.4, -0.2) is 32.6 Å². The van der Waals surface area contributed by atoms with Crippen molar-refractivity contribution in [1.82, 2.24) is 5.32 Å². The standard InChI is InChI=1S/C18H19ClN2O4/c1-24-14-6-3-12(4-7-14)9-17(22)20-11-18(23)21-13-5-8-16(25-2)15(19)10-13/h3-8,10H,9,11H2,1-2H3,(H,20,22)(H,21,23). The summed E-state index contributed by atoms with van der Waals surface area (Å²) >= 11 is 6.00. The highest BCUT2D eigenvalue weighted by Gasteiger charge is 2.08. The van der Waals surface area contributed by atoms with Crippen molar-refractivity contribution in [3.8, 4) is 11.5 Å². The third kappa shape index (κ3) is 5.69. The molecule has 0 aliphatic carbocycles. The summed E-state index contributed by atoms with van der Waals surface area (Å²) < 4.78 is 10.1. The Labute approximate surface area is 151 Å². The van der Waals surface area contributed by atoms with Crippen LogP contribution in [0.1, 0.15) is 5.56 Å². The zero-order chi connectivity index (χ0) is 18.2.